The molecule has 1 amide bonds. The molecule has 1 fully saturated rings. The first kappa shape index (κ1) is 13.2. The smallest absolute Gasteiger partial charge is 0.273 e. The number of nitrogens with zero attached hydrogens (tertiary/aromatic N) is 2. The molecule has 0 saturated heterocycles. The molecule has 2 N–H and O–H groups in total. The molecule has 1 aromatic heterocycles. The van der Waals surface area contributed by atoms with E-state index in [1.165, 1.54) is 12.1 Å². The van der Waals surface area contributed by atoms with Crippen LogP contribution in [0.15, 0.2) is 36.5 Å². The Labute approximate surface area is 120 Å². The minimum atomic E-state index is -0.608. The van der Waals surface area contributed by atoms with Crippen LogP contribution in [-0.2, 0) is 0 Å². The van der Waals surface area contributed by atoms with Crippen LogP contribution < -0.4 is 5.32 Å². The number of hydrogen-bond donors (Lipinski definition) is 2. The quantitative estimate of drug-likeness (QED) is 0.513. The Balaban J connectivity index is 1.81. The summed E-state index contributed by atoms with van der Waals surface area (Å²) in [5.41, 5.74) is 0.427. The van der Waals surface area contributed by atoms with E-state index in [2.05, 4.69) is 5.32 Å². The molecule has 1 aromatic carbocycles. The lowest BCUT2D eigenvalue weighted by atomic mass is 10.2. The summed E-state index contributed by atoms with van der Waals surface area (Å²) in [4.78, 5) is 22.2. The molecule has 1 saturated carbocycles. The number of aromatic hydroxyl groups is 1. The van der Waals surface area contributed by atoms with Gasteiger partial charge in [-0.3, -0.25) is 14.9 Å². The van der Waals surface area contributed by atoms with Crippen LogP contribution in [0.4, 0.5) is 11.4 Å². The molecular formula is C14H13N3O4. The van der Waals surface area contributed by atoms with Crippen LogP contribution in [0.3, 0.4) is 0 Å². The zero-order valence-corrected chi connectivity index (χ0v) is 11.0. The van der Waals surface area contributed by atoms with Crippen LogP contribution in [0.5, 0.6) is 5.75 Å². The van der Waals surface area contributed by atoms with Gasteiger partial charge in [0.05, 0.1) is 16.7 Å². The highest BCUT2D eigenvalue weighted by atomic mass is 16.6. The van der Waals surface area contributed by atoms with E-state index in [1.54, 1.807) is 12.1 Å². The second kappa shape index (κ2) is 4.93. The Morgan fingerprint density at radius 1 is 1.38 bits per heavy atom. The third-order valence-corrected chi connectivity index (χ3v) is 3.39. The van der Waals surface area contributed by atoms with Crippen molar-refractivity contribution in [2.75, 3.05) is 5.32 Å². The maximum Gasteiger partial charge on any atom is 0.273 e. The Morgan fingerprint density at radius 3 is 2.76 bits per heavy atom. The highest BCUT2D eigenvalue weighted by Gasteiger charge is 2.27. The molecule has 1 aliphatic carbocycles. The highest BCUT2D eigenvalue weighted by Crippen LogP contribution is 2.36. The Bertz CT molecular complexity index is 719. The Kier molecular flexibility index (Phi) is 3.09. The Morgan fingerprint density at radius 2 is 2.14 bits per heavy atom. The van der Waals surface area contributed by atoms with Gasteiger partial charge >= 0.3 is 0 Å². The molecule has 2 aromatic rings. The summed E-state index contributed by atoms with van der Waals surface area (Å²) < 4.78 is 1.90. The fourth-order valence-electron chi connectivity index (χ4n) is 2.18. The van der Waals surface area contributed by atoms with E-state index in [9.17, 15) is 20.0 Å². The fraction of sp³-hybridized carbons (Fsp3) is 0.214. The minimum Gasteiger partial charge on any atom is -0.506 e. The number of phenols is 1. The third kappa shape index (κ3) is 2.58. The largest absolute Gasteiger partial charge is 0.506 e. The van der Waals surface area contributed by atoms with Crippen LogP contribution in [0, 0.1) is 10.1 Å². The normalized spacial score (nSPS) is 13.9. The SMILES string of the molecule is O=C(Nc1ccc([N+](=O)[O-])cc1O)c1cccn1C1CC1. The van der Waals surface area contributed by atoms with Crippen molar-refractivity contribution in [2.45, 2.75) is 18.9 Å². The first-order chi connectivity index (χ1) is 10.1. The van der Waals surface area contributed by atoms with Gasteiger partial charge in [0.2, 0.25) is 0 Å². The van der Waals surface area contributed by atoms with Crippen molar-refractivity contribution in [3.63, 3.8) is 0 Å². The predicted molar refractivity (Wildman–Crippen MR) is 75.4 cm³/mol. The van der Waals surface area contributed by atoms with Gasteiger partial charge in [-0.15, -0.1) is 0 Å². The molecule has 0 unspecified atom stereocenters. The summed E-state index contributed by atoms with van der Waals surface area (Å²) >= 11 is 0. The van der Waals surface area contributed by atoms with Gasteiger partial charge in [-0.2, -0.15) is 0 Å². The van der Waals surface area contributed by atoms with Gasteiger partial charge in [0.25, 0.3) is 11.6 Å². The average molecular weight is 287 g/mol. The van der Waals surface area contributed by atoms with Crippen molar-refractivity contribution in [3.8, 4) is 5.75 Å². The third-order valence-electron chi connectivity index (χ3n) is 3.39. The number of anilines is 1. The van der Waals surface area contributed by atoms with E-state index in [-0.39, 0.29) is 23.0 Å². The number of phenolic OH excluding ortho intramolecular Hbond substituents is 1. The van der Waals surface area contributed by atoms with Crippen LogP contribution in [0.25, 0.3) is 0 Å². The number of amides is 1. The van der Waals surface area contributed by atoms with Gasteiger partial charge in [0.1, 0.15) is 11.4 Å². The molecule has 1 heterocycles. The first-order valence-electron chi connectivity index (χ1n) is 6.52. The molecule has 0 atom stereocenters. The number of carbonyl (C=O) groups excluding carboxylic acids is 1. The summed E-state index contributed by atoms with van der Waals surface area (Å²) in [6.07, 6.45) is 3.96. The monoisotopic (exact) mass is 287 g/mol. The lowest BCUT2D eigenvalue weighted by Crippen LogP contribution is -2.16. The lowest BCUT2D eigenvalue weighted by molar-refractivity contribution is -0.384. The second-order valence-corrected chi connectivity index (χ2v) is 4.94. The summed E-state index contributed by atoms with van der Waals surface area (Å²) in [6.45, 7) is 0. The van der Waals surface area contributed by atoms with Gasteiger partial charge in [-0.1, -0.05) is 0 Å². The average Bonchev–Trinajstić information content (AvgIpc) is 3.17. The van der Waals surface area contributed by atoms with E-state index >= 15 is 0 Å². The van der Waals surface area contributed by atoms with Crippen molar-refractivity contribution in [1.82, 2.24) is 4.57 Å². The summed E-state index contributed by atoms with van der Waals surface area (Å²) in [5, 5.41) is 22.9. The van der Waals surface area contributed by atoms with Crippen molar-refractivity contribution in [2.24, 2.45) is 0 Å². The van der Waals surface area contributed by atoms with E-state index in [1.807, 2.05) is 10.8 Å². The predicted octanol–water partition coefficient (Wildman–Crippen LogP) is 2.69. The number of benzene rings is 1. The van der Waals surface area contributed by atoms with Gasteiger partial charge < -0.3 is 15.0 Å². The van der Waals surface area contributed by atoms with Crippen molar-refractivity contribution < 1.29 is 14.8 Å². The van der Waals surface area contributed by atoms with Crippen LogP contribution >= 0.6 is 0 Å². The van der Waals surface area contributed by atoms with E-state index in [4.69, 9.17) is 0 Å². The molecule has 0 bridgehead atoms. The molecule has 7 nitrogen and oxygen atoms in total. The van der Waals surface area contributed by atoms with E-state index < -0.39 is 4.92 Å². The zero-order chi connectivity index (χ0) is 15.0. The van der Waals surface area contributed by atoms with Crippen molar-refractivity contribution in [1.29, 1.82) is 0 Å². The number of nitro groups is 1. The molecule has 108 valence electrons. The summed E-state index contributed by atoms with van der Waals surface area (Å²) in [7, 11) is 0. The molecule has 3 rings (SSSR count). The molecule has 1 aliphatic rings. The first-order valence-corrected chi connectivity index (χ1v) is 6.52. The zero-order valence-electron chi connectivity index (χ0n) is 11.0. The number of aromatic nitrogens is 1. The molecular weight excluding hydrogens is 274 g/mol. The highest BCUT2D eigenvalue weighted by molar-refractivity contribution is 6.04. The standard InChI is InChI=1S/C14H13N3O4/c18-13-8-10(17(20)21)5-6-11(13)15-14(19)12-2-1-7-16(12)9-3-4-9/h1-2,5-9,18H,3-4H2,(H,15,19). The van der Waals surface area contributed by atoms with E-state index in [0.717, 1.165) is 18.9 Å². The number of non-ortho nitro benzene ring substituents is 1. The maximum atomic E-state index is 12.2. The maximum absolute atomic E-state index is 12.2. The number of nitro benzene ring substituents is 1. The number of rotatable bonds is 4. The van der Waals surface area contributed by atoms with Crippen molar-refractivity contribution in [3.05, 3.63) is 52.3 Å². The Hall–Kier alpha value is -2.83. The fourth-order valence-corrected chi connectivity index (χ4v) is 2.18. The summed E-state index contributed by atoms with van der Waals surface area (Å²) in [6, 6.07) is 7.42. The molecule has 0 spiro atoms. The van der Waals surface area contributed by atoms with Crippen LogP contribution in [0.1, 0.15) is 29.4 Å². The number of nitrogens with one attached hydrogen (secondary N) is 1. The minimum absolute atomic E-state index is 0.147. The number of carbonyl (C=O) groups is 1. The number of hydrogen-bond acceptors (Lipinski definition) is 4. The van der Waals surface area contributed by atoms with Gasteiger partial charge in [-0.25, -0.2) is 0 Å². The molecule has 0 aliphatic heterocycles. The molecule has 21 heavy (non-hydrogen) atoms. The van der Waals surface area contributed by atoms with E-state index in [0.29, 0.717) is 11.7 Å². The molecule has 7 heteroatoms. The van der Waals surface area contributed by atoms with Crippen molar-refractivity contribution >= 4 is 17.3 Å². The second-order valence-electron chi connectivity index (χ2n) is 4.94. The molecule has 0 radical (unpaired) electrons. The van der Waals surface area contributed by atoms with Gasteiger partial charge in [0.15, 0.2) is 0 Å². The van der Waals surface area contributed by atoms with Gasteiger partial charge in [0, 0.05) is 18.3 Å². The topological polar surface area (TPSA) is 97.4 Å². The van der Waals surface area contributed by atoms with Crippen LogP contribution in [-0.4, -0.2) is 20.5 Å². The van der Waals surface area contributed by atoms with Gasteiger partial charge in [-0.05, 0) is 31.0 Å². The summed E-state index contributed by atoms with van der Waals surface area (Å²) in [5.74, 6) is -0.682. The lowest BCUT2D eigenvalue weighted by Gasteiger charge is -2.09. The van der Waals surface area contributed by atoms with Crippen LogP contribution in [0.2, 0.25) is 0 Å².